The van der Waals surface area contributed by atoms with Crippen LogP contribution in [0.15, 0.2) is 48.5 Å². The van der Waals surface area contributed by atoms with Gasteiger partial charge in [-0.15, -0.1) is 0 Å². The summed E-state index contributed by atoms with van der Waals surface area (Å²) in [7, 11) is 0. The zero-order chi connectivity index (χ0) is 19.3. The first-order valence-electron chi connectivity index (χ1n) is 9.86. The van der Waals surface area contributed by atoms with Crippen LogP contribution in [0.3, 0.4) is 0 Å². The number of nitrogens with one attached hydrogen (secondary N) is 2. The third-order valence-corrected chi connectivity index (χ3v) is 5.10. The monoisotopic (exact) mass is 378 g/mol. The minimum absolute atomic E-state index is 0.150. The number of ether oxygens (including phenoxy) is 1. The highest BCUT2D eigenvalue weighted by molar-refractivity contribution is 5.80. The Labute approximate surface area is 164 Å². The van der Waals surface area contributed by atoms with Gasteiger partial charge in [0.05, 0.1) is 17.1 Å². The zero-order valence-electron chi connectivity index (χ0n) is 16.1. The van der Waals surface area contributed by atoms with E-state index in [9.17, 15) is 4.79 Å². The van der Waals surface area contributed by atoms with Crippen LogP contribution >= 0.6 is 0 Å². The number of para-hydroxylation sites is 2. The largest absolute Gasteiger partial charge is 0.376 e. The fourth-order valence-electron chi connectivity index (χ4n) is 3.58. The lowest BCUT2D eigenvalue weighted by molar-refractivity contribution is 0.111. The van der Waals surface area contributed by atoms with Gasteiger partial charge in [-0.05, 0) is 31.9 Å². The van der Waals surface area contributed by atoms with Gasteiger partial charge >= 0.3 is 6.03 Å². The van der Waals surface area contributed by atoms with Crippen molar-refractivity contribution in [2.45, 2.75) is 32.4 Å². The normalized spacial score (nSPS) is 16.4. The first-order chi connectivity index (χ1) is 13.7. The number of nitrogens with zero attached hydrogens (tertiary/aromatic N) is 2. The van der Waals surface area contributed by atoms with Crippen molar-refractivity contribution < 1.29 is 9.53 Å². The summed E-state index contributed by atoms with van der Waals surface area (Å²) >= 11 is 0. The van der Waals surface area contributed by atoms with E-state index in [0.717, 1.165) is 41.9 Å². The number of aryl methyl sites for hydroxylation is 1. The summed E-state index contributed by atoms with van der Waals surface area (Å²) in [6, 6.07) is 16.3. The highest BCUT2D eigenvalue weighted by atomic mass is 16.5. The van der Waals surface area contributed by atoms with E-state index < -0.39 is 0 Å². The van der Waals surface area contributed by atoms with E-state index in [2.05, 4.69) is 52.5 Å². The molecule has 2 aromatic carbocycles. The molecule has 1 fully saturated rings. The third kappa shape index (κ3) is 4.17. The molecule has 2 heterocycles. The summed E-state index contributed by atoms with van der Waals surface area (Å²) in [5.74, 6) is 0.919. The molecule has 2 N–H and O–H groups in total. The van der Waals surface area contributed by atoms with Crippen molar-refractivity contribution in [3.63, 3.8) is 0 Å². The van der Waals surface area contributed by atoms with Gasteiger partial charge in [-0.3, -0.25) is 0 Å². The Morgan fingerprint density at radius 2 is 2.00 bits per heavy atom. The standard InChI is InChI=1S/C22H26N4O2/c1-16-8-10-17(11-9-16)21-25-19-6-2-3-7-20(19)26(21)13-12-23-22(27)24-15-18-5-4-14-28-18/h2-3,6-11,18H,4-5,12-15H2,1H3,(H2,23,24,27). The molecular formula is C22H26N4O2. The number of rotatable bonds is 6. The van der Waals surface area contributed by atoms with Crippen LogP contribution in [0.25, 0.3) is 22.4 Å². The fraction of sp³-hybridized carbons (Fsp3) is 0.364. The summed E-state index contributed by atoms with van der Waals surface area (Å²) in [6.45, 7) is 4.61. The van der Waals surface area contributed by atoms with Gasteiger partial charge in [-0.2, -0.15) is 0 Å². The molecule has 1 aliphatic rings. The zero-order valence-corrected chi connectivity index (χ0v) is 16.1. The second kappa shape index (κ2) is 8.44. The molecule has 1 aromatic heterocycles. The SMILES string of the molecule is Cc1ccc(-c2nc3ccccc3n2CCNC(=O)NCC2CCCO2)cc1. The maximum atomic E-state index is 12.1. The van der Waals surface area contributed by atoms with E-state index in [1.165, 1.54) is 5.56 Å². The Hall–Kier alpha value is -2.86. The number of fused-ring (bicyclic) bond motifs is 1. The molecule has 2 amide bonds. The summed E-state index contributed by atoms with van der Waals surface area (Å²) < 4.78 is 7.70. The van der Waals surface area contributed by atoms with Crippen LogP contribution in [0.1, 0.15) is 18.4 Å². The molecule has 146 valence electrons. The van der Waals surface area contributed by atoms with Gasteiger partial charge in [-0.1, -0.05) is 42.0 Å². The molecule has 6 nitrogen and oxygen atoms in total. The van der Waals surface area contributed by atoms with Crippen LogP contribution in [0.5, 0.6) is 0 Å². The lowest BCUT2D eigenvalue weighted by Crippen LogP contribution is -2.40. The van der Waals surface area contributed by atoms with Crippen LogP contribution in [-0.4, -0.2) is 41.4 Å². The van der Waals surface area contributed by atoms with E-state index in [1.807, 2.05) is 18.2 Å². The minimum Gasteiger partial charge on any atom is -0.376 e. The third-order valence-electron chi connectivity index (χ3n) is 5.10. The number of imidazole rings is 1. The lowest BCUT2D eigenvalue weighted by Gasteiger charge is -2.13. The molecular weight excluding hydrogens is 352 g/mol. The number of carbonyl (C=O) groups excluding carboxylic acids is 1. The maximum Gasteiger partial charge on any atom is 0.314 e. The number of aromatic nitrogens is 2. The van der Waals surface area contributed by atoms with Crippen LogP contribution in [0.4, 0.5) is 4.79 Å². The van der Waals surface area contributed by atoms with Crippen molar-refractivity contribution >= 4 is 17.1 Å². The average Bonchev–Trinajstić information content (AvgIpc) is 3.35. The molecule has 28 heavy (non-hydrogen) atoms. The smallest absolute Gasteiger partial charge is 0.314 e. The highest BCUT2D eigenvalue weighted by Gasteiger charge is 2.16. The summed E-state index contributed by atoms with van der Waals surface area (Å²) in [6.07, 6.45) is 2.24. The predicted molar refractivity (Wildman–Crippen MR) is 110 cm³/mol. The molecule has 1 aliphatic heterocycles. The molecule has 0 spiro atoms. The summed E-state index contributed by atoms with van der Waals surface area (Å²) in [4.78, 5) is 16.9. The Morgan fingerprint density at radius 1 is 1.18 bits per heavy atom. The summed E-state index contributed by atoms with van der Waals surface area (Å²) in [5.41, 5.74) is 4.32. The Kier molecular flexibility index (Phi) is 5.58. The maximum absolute atomic E-state index is 12.1. The van der Waals surface area contributed by atoms with Crippen molar-refractivity contribution in [2.75, 3.05) is 19.7 Å². The molecule has 0 bridgehead atoms. The van der Waals surface area contributed by atoms with E-state index in [1.54, 1.807) is 0 Å². The van der Waals surface area contributed by atoms with Crippen molar-refractivity contribution in [1.82, 2.24) is 20.2 Å². The van der Waals surface area contributed by atoms with Crippen LogP contribution in [0, 0.1) is 6.92 Å². The van der Waals surface area contributed by atoms with Gasteiger partial charge in [0.15, 0.2) is 0 Å². The van der Waals surface area contributed by atoms with Crippen LogP contribution in [-0.2, 0) is 11.3 Å². The van der Waals surface area contributed by atoms with Crippen molar-refractivity contribution in [3.8, 4) is 11.4 Å². The molecule has 1 atom stereocenters. The van der Waals surface area contributed by atoms with Gasteiger partial charge in [0.2, 0.25) is 0 Å². The van der Waals surface area contributed by atoms with E-state index in [-0.39, 0.29) is 12.1 Å². The van der Waals surface area contributed by atoms with Crippen molar-refractivity contribution in [2.24, 2.45) is 0 Å². The number of hydrogen-bond acceptors (Lipinski definition) is 3. The lowest BCUT2D eigenvalue weighted by atomic mass is 10.1. The van der Waals surface area contributed by atoms with Crippen LogP contribution in [0.2, 0.25) is 0 Å². The molecule has 6 heteroatoms. The topological polar surface area (TPSA) is 68.2 Å². The first-order valence-corrected chi connectivity index (χ1v) is 9.86. The number of carbonyl (C=O) groups is 1. The number of hydrogen-bond donors (Lipinski definition) is 2. The van der Waals surface area contributed by atoms with Crippen LogP contribution < -0.4 is 10.6 Å². The minimum atomic E-state index is -0.156. The van der Waals surface area contributed by atoms with Gasteiger partial charge in [-0.25, -0.2) is 9.78 Å². The Balaban J connectivity index is 1.44. The predicted octanol–water partition coefficient (Wildman–Crippen LogP) is 3.49. The first kappa shape index (κ1) is 18.5. The molecule has 0 radical (unpaired) electrons. The van der Waals surface area contributed by atoms with E-state index >= 15 is 0 Å². The molecule has 0 aliphatic carbocycles. The van der Waals surface area contributed by atoms with Gasteiger partial charge in [0.1, 0.15) is 5.82 Å². The molecule has 4 rings (SSSR count). The van der Waals surface area contributed by atoms with Gasteiger partial charge in [0.25, 0.3) is 0 Å². The molecule has 1 saturated heterocycles. The van der Waals surface area contributed by atoms with Crippen molar-refractivity contribution in [3.05, 3.63) is 54.1 Å². The molecule has 0 saturated carbocycles. The van der Waals surface area contributed by atoms with Gasteiger partial charge in [0, 0.05) is 31.8 Å². The second-order valence-corrected chi connectivity index (χ2v) is 7.21. The fourth-order valence-corrected chi connectivity index (χ4v) is 3.58. The quantitative estimate of drug-likeness (QED) is 0.690. The summed E-state index contributed by atoms with van der Waals surface area (Å²) in [5, 5.41) is 5.84. The highest BCUT2D eigenvalue weighted by Crippen LogP contribution is 2.24. The van der Waals surface area contributed by atoms with Gasteiger partial charge < -0.3 is 19.9 Å². The molecule has 1 unspecified atom stereocenters. The number of amides is 2. The van der Waals surface area contributed by atoms with E-state index in [0.29, 0.717) is 19.6 Å². The molecule has 3 aromatic rings. The Bertz CT molecular complexity index is 943. The average molecular weight is 378 g/mol. The van der Waals surface area contributed by atoms with E-state index in [4.69, 9.17) is 9.72 Å². The van der Waals surface area contributed by atoms with Crippen molar-refractivity contribution in [1.29, 1.82) is 0 Å². The Morgan fingerprint density at radius 3 is 2.79 bits per heavy atom. The second-order valence-electron chi connectivity index (χ2n) is 7.21. The number of urea groups is 1. The number of benzene rings is 2.